The Morgan fingerprint density at radius 2 is 2.24 bits per heavy atom. The van der Waals surface area contributed by atoms with Crippen LogP contribution < -0.4 is 0 Å². The molecule has 0 spiro atoms. The van der Waals surface area contributed by atoms with Gasteiger partial charge in [-0.2, -0.15) is 0 Å². The van der Waals surface area contributed by atoms with Crippen LogP contribution >= 0.6 is 22.6 Å². The Bertz CT molecular complexity index is 426. The SMILES string of the molecule is CCOC(=O)Cc1cc(I)c(F)c(C(F)F)n1. The van der Waals surface area contributed by atoms with Crippen LogP contribution in [0.4, 0.5) is 13.2 Å². The summed E-state index contributed by atoms with van der Waals surface area (Å²) in [7, 11) is 0. The van der Waals surface area contributed by atoms with E-state index in [1.165, 1.54) is 6.07 Å². The van der Waals surface area contributed by atoms with Gasteiger partial charge in [-0.25, -0.2) is 18.2 Å². The van der Waals surface area contributed by atoms with E-state index >= 15 is 0 Å². The van der Waals surface area contributed by atoms with Crippen molar-refractivity contribution in [1.82, 2.24) is 4.98 Å². The summed E-state index contributed by atoms with van der Waals surface area (Å²) in [5.74, 6) is -1.63. The molecule has 7 heteroatoms. The molecule has 0 unspecified atom stereocenters. The quantitative estimate of drug-likeness (QED) is 0.613. The molecule has 1 aromatic heterocycles. The van der Waals surface area contributed by atoms with Crippen molar-refractivity contribution in [3.63, 3.8) is 0 Å². The molecule has 0 N–H and O–H groups in total. The number of ether oxygens (including phenoxy) is 1. The first-order chi connectivity index (χ1) is 7.95. The molecule has 0 bridgehead atoms. The van der Waals surface area contributed by atoms with Gasteiger partial charge in [-0.1, -0.05) is 0 Å². The smallest absolute Gasteiger partial charge is 0.311 e. The molecule has 0 radical (unpaired) electrons. The van der Waals surface area contributed by atoms with Gasteiger partial charge in [0.2, 0.25) is 0 Å². The normalized spacial score (nSPS) is 10.7. The number of hydrogen-bond donors (Lipinski definition) is 0. The standard InChI is InChI=1S/C10H9F3INO2/c1-2-17-7(16)4-5-3-6(14)8(11)9(15-5)10(12)13/h3,10H,2,4H2,1H3. The predicted molar refractivity (Wildman–Crippen MR) is 62.2 cm³/mol. The highest BCUT2D eigenvalue weighted by Gasteiger charge is 2.20. The number of rotatable bonds is 4. The molecule has 0 saturated carbocycles. The Labute approximate surface area is 110 Å². The van der Waals surface area contributed by atoms with Crippen LogP contribution in [-0.2, 0) is 16.0 Å². The lowest BCUT2D eigenvalue weighted by molar-refractivity contribution is -0.142. The van der Waals surface area contributed by atoms with Crippen LogP contribution in [0.3, 0.4) is 0 Å². The van der Waals surface area contributed by atoms with Crippen LogP contribution in [0.15, 0.2) is 6.07 Å². The van der Waals surface area contributed by atoms with Gasteiger partial charge in [0.05, 0.1) is 22.3 Å². The molecule has 0 aromatic carbocycles. The molecule has 0 aliphatic heterocycles. The van der Waals surface area contributed by atoms with Crippen molar-refractivity contribution in [2.45, 2.75) is 19.8 Å². The lowest BCUT2D eigenvalue weighted by Crippen LogP contribution is -2.11. The number of carbonyl (C=O) groups is 1. The first-order valence-corrected chi connectivity index (χ1v) is 5.82. The van der Waals surface area contributed by atoms with Crippen molar-refractivity contribution >= 4 is 28.6 Å². The van der Waals surface area contributed by atoms with Crippen molar-refractivity contribution < 1.29 is 22.7 Å². The summed E-state index contributed by atoms with van der Waals surface area (Å²) in [5, 5.41) is 0. The van der Waals surface area contributed by atoms with E-state index in [0.717, 1.165) is 0 Å². The predicted octanol–water partition coefficient (Wildman–Crippen LogP) is 2.87. The minimum atomic E-state index is -3.01. The Kier molecular flexibility index (Phi) is 5.16. The molecule has 94 valence electrons. The van der Waals surface area contributed by atoms with Crippen molar-refractivity contribution in [2.75, 3.05) is 6.61 Å². The molecule has 1 heterocycles. The number of carbonyl (C=O) groups excluding carboxylic acids is 1. The lowest BCUT2D eigenvalue weighted by Gasteiger charge is -2.07. The molecular weight excluding hydrogens is 350 g/mol. The highest BCUT2D eigenvalue weighted by Crippen LogP contribution is 2.24. The summed E-state index contributed by atoms with van der Waals surface area (Å²) >= 11 is 1.58. The number of nitrogens with zero attached hydrogens (tertiary/aromatic N) is 1. The van der Waals surface area contributed by atoms with Gasteiger partial charge >= 0.3 is 5.97 Å². The second-order valence-corrected chi connectivity index (χ2v) is 4.24. The molecule has 0 aliphatic rings. The maximum Gasteiger partial charge on any atom is 0.311 e. The van der Waals surface area contributed by atoms with Gasteiger partial charge in [-0.05, 0) is 35.6 Å². The second kappa shape index (κ2) is 6.18. The fraction of sp³-hybridized carbons (Fsp3) is 0.400. The summed E-state index contributed by atoms with van der Waals surface area (Å²) in [6.45, 7) is 1.82. The molecule has 0 fully saturated rings. The molecule has 3 nitrogen and oxygen atoms in total. The van der Waals surface area contributed by atoms with E-state index in [1.54, 1.807) is 29.5 Å². The van der Waals surface area contributed by atoms with Gasteiger partial charge in [0.15, 0.2) is 5.82 Å². The zero-order chi connectivity index (χ0) is 13.0. The van der Waals surface area contributed by atoms with Gasteiger partial charge in [-0.15, -0.1) is 0 Å². The Balaban J connectivity index is 2.98. The van der Waals surface area contributed by atoms with E-state index in [2.05, 4.69) is 9.72 Å². The van der Waals surface area contributed by atoms with Crippen LogP contribution in [0.5, 0.6) is 0 Å². The fourth-order valence-corrected chi connectivity index (χ4v) is 1.80. The number of alkyl halides is 2. The summed E-state index contributed by atoms with van der Waals surface area (Å²) < 4.78 is 42.8. The van der Waals surface area contributed by atoms with E-state index in [9.17, 15) is 18.0 Å². The lowest BCUT2D eigenvalue weighted by atomic mass is 10.2. The number of aromatic nitrogens is 1. The minimum absolute atomic E-state index is 0.00667. The zero-order valence-electron chi connectivity index (χ0n) is 8.84. The first-order valence-electron chi connectivity index (χ1n) is 4.74. The average molecular weight is 359 g/mol. The molecule has 0 saturated heterocycles. The summed E-state index contributed by atoms with van der Waals surface area (Å²) in [4.78, 5) is 14.6. The van der Waals surface area contributed by atoms with Gasteiger partial charge in [-0.3, -0.25) is 4.79 Å². The molecular formula is C10H9F3INO2. The van der Waals surface area contributed by atoms with Gasteiger partial charge in [0.1, 0.15) is 5.69 Å². The summed E-state index contributed by atoms with van der Waals surface area (Å²) in [5.41, 5.74) is -0.860. The Hall–Kier alpha value is -0.860. The van der Waals surface area contributed by atoms with Crippen molar-refractivity contribution in [3.8, 4) is 0 Å². The third-order valence-corrected chi connectivity index (χ3v) is 2.61. The zero-order valence-corrected chi connectivity index (χ0v) is 11.0. The maximum atomic E-state index is 13.3. The van der Waals surface area contributed by atoms with Crippen LogP contribution in [0.25, 0.3) is 0 Å². The topological polar surface area (TPSA) is 39.2 Å². The van der Waals surface area contributed by atoms with E-state index in [4.69, 9.17) is 0 Å². The third-order valence-electron chi connectivity index (χ3n) is 1.83. The van der Waals surface area contributed by atoms with Crippen molar-refractivity contribution in [1.29, 1.82) is 0 Å². The monoisotopic (exact) mass is 359 g/mol. The molecule has 17 heavy (non-hydrogen) atoms. The molecule has 0 amide bonds. The summed E-state index contributed by atoms with van der Waals surface area (Å²) in [6, 6.07) is 1.25. The van der Waals surface area contributed by atoms with Gasteiger partial charge in [0.25, 0.3) is 6.43 Å². The van der Waals surface area contributed by atoms with E-state index in [-0.39, 0.29) is 22.3 Å². The average Bonchev–Trinajstić information content (AvgIpc) is 2.23. The molecule has 0 aliphatic carbocycles. The Morgan fingerprint density at radius 1 is 1.59 bits per heavy atom. The third kappa shape index (κ3) is 3.83. The van der Waals surface area contributed by atoms with Gasteiger partial charge < -0.3 is 4.74 Å². The Morgan fingerprint density at radius 3 is 2.76 bits per heavy atom. The maximum absolute atomic E-state index is 13.3. The van der Waals surface area contributed by atoms with Crippen molar-refractivity contribution in [3.05, 3.63) is 26.8 Å². The highest BCUT2D eigenvalue weighted by molar-refractivity contribution is 14.1. The van der Waals surface area contributed by atoms with Crippen LogP contribution in [-0.4, -0.2) is 17.6 Å². The number of hydrogen-bond acceptors (Lipinski definition) is 3. The van der Waals surface area contributed by atoms with Crippen molar-refractivity contribution in [2.24, 2.45) is 0 Å². The van der Waals surface area contributed by atoms with Crippen LogP contribution in [0, 0.1) is 9.39 Å². The van der Waals surface area contributed by atoms with Crippen LogP contribution in [0.1, 0.15) is 24.7 Å². The van der Waals surface area contributed by atoms with E-state index < -0.39 is 23.9 Å². The van der Waals surface area contributed by atoms with E-state index in [1.807, 2.05) is 0 Å². The largest absolute Gasteiger partial charge is 0.466 e. The minimum Gasteiger partial charge on any atom is -0.466 e. The van der Waals surface area contributed by atoms with E-state index in [0.29, 0.717) is 0 Å². The van der Waals surface area contributed by atoms with Crippen LogP contribution in [0.2, 0.25) is 0 Å². The fourth-order valence-electron chi connectivity index (χ4n) is 1.16. The molecule has 0 atom stereocenters. The first kappa shape index (κ1) is 14.2. The second-order valence-electron chi connectivity index (χ2n) is 3.08. The molecule has 1 rings (SSSR count). The number of pyridine rings is 1. The van der Waals surface area contributed by atoms with Gasteiger partial charge in [0, 0.05) is 0 Å². The number of halogens is 4. The highest BCUT2D eigenvalue weighted by atomic mass is 127. The molecule has 1 aromatic rings. The summed E-state index contributed by atoms with van der Waals surface area (Å²) in [6.07, 6.45) is -3.25. The number of esters is 1.